The standard InChI is InChI=1S/C15H22ClNO2S/c1-2-20(18,19)15-8-6-14(7-9-15)17-11-12-4-3-5-13(16)10-12/h6-9,12-13,17H,2-5,10-11H2,1H3. The largest absolute Gasteiger partial charge is 0.385 e. The van der Waals surface area contributed by atoms with Gasteiger partial charge in [0.2, 0.25) is 0 Å². The molecule has 1 fully saturated rings. The lowest BCUT2D eigenvalue weighted by molar-refractivity contribution is 0.378. The van der Waals surface area contributed by atoms with Gasteiger partial charge >= 0.3 is 0 Å². The molecule has 5 heteroatoms. The predicted molar refractivity (Wildman–Crippen MR) is 84.3 cm³/mol. The Kier molecular flexibility index (Phi) is 5.33. The van der Waals surface area contributed by atoms with E-state index in [0.29, 0.717) is 16.2 Å². The third-order valence-electron chi connectivity index (χ3n) is 3.91. The Labute approximate surface area is 126 Å². The highest BCUT2D eigenvalue weighted by atomic mass is 35.5. The van der Waals surface area contributed by atoms with E-state index in [-0.39, 0.29) is 5.75 Å². The molecule has 1 aliphatic rings. The summed E-state index contributed by atoms with van der Waals surface area (Å²) in [6.07, 6.45) is 4.62. The molecule has 0 aliphatic heterocycles. The molecule has 1 saturated carbocycles. The molecular weight excluding hydrogens is 294 g/mol. The summed E-state index contributed by atoms with van der Waals surface area (Å²) >= 11 is 6.19. The van der Waals surface area contributed by atoms with E-state index in [2.05, 4.69) is 5.32 Å². The Balaban J connectivity index is 1.91. The van der Waals surface area contributed by atoms with Gasteiger partial charge in [-0.1, -0.05) is 13.3 Å². The van der Waals surface area contributed by atoms with Crippen molar-refractivity contribution in [1.82, 2.24) is 0 Å². The van der Waals surface area contributed by atoms with Crippen LogP contribution in [0.4, 0.5) is 5.69 Å². The second-order valence-electron chi connectivity index (χ2n) is 5.44. The molecule has 1 aromatic rings. The van der Waals surface area contributed by atoms with Crippen LogP contribution in [0.2, 0.25) is 0 Å². The van der Waals surface area contributed by atoms with Crippen LogP contribution in [-0.4, -0.2) is 26.1 Å². The van der Waals surface area contributed by atoms with Crippen molar-refractivity contribution in [3.63, 3.8) is 0 Å². The van der Waals surface area contributed by atoms with Gasteiger partial charge in [-0.3, -0.25) is 0 Å². The topological polar surface area (TPSA) is 46.2 Å². The molecule has 1 aliphatic carbocycles. The summed E-state index contributed by atoms with van der Waals surface area (Å²) in [6.45, 7) is 2.57. The van der Waals surface area contributed by atoms with Crippen LogP contribution < -0.4 is 5.32 Å². The van der Waals surface area contributed by atoms with Gasteiger partial charge < -0.3 is 5.32 Å². The van der Waals surface area contributed by atoms with E-state index in [4.69, 9.17) is 11.6 Å². The van der Waals surface area contributed by atoms with Gasteiger partial charge in [0.05, 0.1) is 10.6 Å². The minimum Gasteiger partial charge on any atom is -0.385 e. The summed E-state index contributed by atoms with van der Waals surface area (Å²) < 4.78 is 23.4. The number of sulfone groups is 1. The molecule has 3 nitrogen and oxygen atoms in total. The van der Waals surface area contributed by atoms with Gasteiger partial charge in [-0.05, 0) is 49.4 Å². The van der Waals surface area contributed by atoms with Crippen molar-refractivity contribution in [2.24, 2.45) is 5.92 Å². The maximum absolute atomic E-state index is 11.7. The molecule has 0 aromatic heterocycles. The smallest absolute Gasteiger partial charge is 0.178 e. The molecule has 2 rings (SSSR count). The molecule has 0 saturated heterocycles. The average molecular weight is 316 g/mol. The van der Waals surface area contributed by atoms with Crippen molar-refractivity contribution in [3.8, 4) is 0 Å². The van der Waals surface area contributed by atoms with Gasteiger partial charge in [-0.25, -0.2) is 8.42 Å². The van der Waals surface area contributed by atoms with Gasteiger partial charge in [0.1, 0.15) is 0 Å². The molecule has 0 spiro atoms. The number of hydrogen-bond donors (Lipinski definition) is 1. The van der Waals surface area contributed by atoms with Crippen LogP contribution in [0.5, 0.6) is 0 Å². The Morgan fingerprint density at radius 2 is 1.95 bits per heavy atom. The summed E-state index contributed by atoms with van der Waals surface area (Å²) in [5, 5.41) is 3.69. The number of halogens is 1. The van der Waals surface area contributed by atoms with Gasteiger partial charge in [-0.15, -0.1) is 11.6 Å². The molecule has 112 valence electrons. The SMILES string of the molecule is CCS(=O)(=O)c1ccc(NCC2CCCC(Cl)C2)cc1. The fourth-order valence-corrected chi connectivity index (χ4v) is 3.91. The minimum atomic E-state index is -3.10. The highest BCUT2D eigenvalue weighted by molar-refractivity contribution is 7.91. The van der Waals surface area contributed by atoms with Gasteiger partial charge in [0, 0.05) is 17.6 Å². The predicted octanol–water partition coefficient (Wildman–Crippen LogP) is 3.69. The number of alkyl halides is 1. The number of rotatable bonds is 5. The second-order valence-corrected chi connectivity index (χ2v) is 8.33. The van der Waals surface area contributed by atoms with Crippen molar-refractivity contribution in [2.45, 2.75) is 42.9 Å². The Morgan fingerprint density at radius 1 is 1.25 bits per heavy atom. The normalized spacial score (nSPS) is 23.5. The maximum Gasteiger partial charge on any atom is 0.178 e. The lowest BCUT2D eigenvalue weighted by Crippen LogP contribution is -2.22. The Morgan fingerprint density at radius 3 is 2.55 bits per heavy atom. The second kappa shape index (κ2) is 6.81. The quantitative estimate of drug-likeness (QED) is 0.843. The number of hydrogen-bond acceptors (Lipinski definition) is 3. The van der Waals surface area contributed by atoms with E-state index in [9.17, 15) is 8.42 Å². The summed E-state index contributed by atoms with van der Waals surface area (Å²) in [5.41, 5.74) is 0.969. The van der Waals surface area contributed by atoms with Crippen LogP contribution in [0.1, 0.15) is 32.6 Å². The van der Waals surface area contributed by atoms with Crippen LogP contribution in [0, 0.1) is 5.92 Å². The molecule has 1 aromatic carbocycles. The molecule has 2 unspecified atom stereocenters. The maximum atomic E-state index is 11.7. The highest BCUT2D eigenvalue weighted by Crippen LogP contribution is 2.28. The average Bonchev–Trinajstić information content (AvgIpc) is 2.46. The third-order valence-corrected chi connectivity index (χ3v) is 6.05. The Bertz CT molecular complexity index is 527. The molecule has 0 radical (unpaired) electrons. The molecule has 0 heterocycles. The first kappa shape index (κ1) is 15.6. The monoisotopic (exact) mass is 315 g/mol. The van der Waals surface area contributed by atoms with Crippen LogP contribution in [0.15, 0.2) is 29.2 Å². The first-order valence-corrected chi connectivity index (χ1v) is 9.31. The molecule has 0 bridgehead atoms. The summed E-state index contributed by atoms with van der Waals surface area (Å²) in [6, 6.07) is 7.02. The van der Waals surface area contributed by atoms with E-state index < -0.39 is 9.84 Å². The molecule has 2 atom stereocenters. The van der Waals surface area contributed by atoms with Gasteiger partial charge in [0.15, 0.2) is 9.84 Å². The van der Waals surface area contributed by atoms with Crippen LogP contribution in [0.3, 0.4) is 0 Å². The van der Waals surface area contributed by atoms with E-state index in [1.165, 1.54) is 12.8 Å². The van der Waals surface area contributed by atoms with Crippen molar-refractivity contribution >= 4 is 27.1 Å². The lowest BCUT2D eigenvalue weighted by atomic mass is 9.89. The van der Waals surface area contributed by atoms with Crippen molar-refractivity contribution < 1.29 is 8.42 Å². The van der Waals surface area contributed by atoms with E-state index in [1.807, 2.05) is 12.1 Å². The van der Waals surface area contributed by atoms with E-state index in [0.717, 1.165) is 25.1 Å². The first-order valence-electron chi connectivity index (χ1n) is 7.22. The fourth-order valence-electron chi connectivity index (χ4n) is 2.62. The van der Waals surface area contributed by atoms with Gasteiger partial charge in [-0.2, -0.15) is 0 Å². The van der Waals surface area contributed by atoms with Crippen molar-refractivity contribution in [1.29, 1.82) is 0 Å². The first-order chi connectivity index (χ1) is 9.51. The zero-order valence-electron chi connectivity index (χ0n) is 11.8. The van der Waals surface area contributed by atoms with E-state index >= 15 is 0 Å². The van der Waals surface area contributed by atoms with Crippen LogP contribution >= 0.6 is 11.6 Å². The summed E-state index contributed by atoms with van der Waals surface area (Å²) in [7, 11) is -3.10. The zero-order chi connectivity index (χ0) is 14.6. The van der Waals surface area contributed by atoms with Crippen LogP contribution in [0.25, 0.3) is 0 Å². The number of nitrogens with one attached hydrogen (secondary N) is 1. The lowest BCUT2D eigenvalue weighted by Gasteiger charge is -2.25. The van der Waals surface area contributed by atoms with Gasteiger partial charge in [0.25, 0.3) is 0 Å². The van der Waals surface area contributed by atoms with Crippen molar-refractivity contribution in [3.05, 3.63) is 24.3 Å². The van der Waals surface area contributed by atoms with Crippen molar-refractivity contribution in [2.75, 3.05) is 17.6 Å². The van der Waals surface area contributed by atoms with Crippen LogP contribution in [-0.2, 0) is 9.84 Å². The zero-order valence-corrected chi connectivity index (χ0v) is 13.4. The fraction of sp³-hybridized carbons (Fsp3) is 0.600. The summed E-state index contributed by atoms with van der Waals surface area (Å²) in [5.74, 6) is 0.754. The highest BCUT2D eigenvalue weighted by Gasteiger charge is 2.19. The minimum absolute atomic E-state index is 0.138. The molecule has 1 N–H and O–H groups in total. The number of benzene rings is 1. The number of anilines is 1. The van der Waals surface area contributed by atoms with E-state index in [1.54, 1.807) is 19.1 Å². The third kappa shape index (κ3) is 4.13. The Hall–Kier alpha value is -0.740. The molecule has 0 amide bonds. The molecule has 20 heavy (non-hydrogen) atoms. The summed E-state index contributed by atoms with van der Waals surface area (Å²) in [4.78, 5) is 0.393. The molecular formula is C15H22ClNO2S.